The Kier molecular flexibility index (Phi) is 4.76. The number of benzene rings is 1. The van der Waals surface area contributed by atoms with Crippen molar-refractivity contribution in [3.8, 4) is 0 Å². The molecule has 0 radical (unpaired) electrons. The Bertz CT molecular complexity index is 571. The zero-order valence-corrected chi connectivity index (χ0v) is 11.2. The van der Waals surface area contributed by atoms with E-state index in [-0.39, 0.29) is 17.8 Å². The van der Waals surface area contributed by atoms with E-state index in [0.717, 1.165) is 11.1 Å². The lowest BCUT2D eigenvalue weighted by Crippen LogP contribution is -2.39. The summed E-state index contributed by atoms with van der Waals surface area (Å²) in [4.78, 5) is 32.8. The first-order valence-electron chi connectivity index (χ1n) is 5.82. The van der Waals surface area contributed by atoms with E-state index in [1.54, 1.807) is 13.8 Å². The molecule has 0 fully saturated rings. The van der Waals surface area contributed by atoms with Gasteiger partial charge < -0.3 is 16.8 Å². The molecule has 108 valence electrons. The van der Waals surface area contributed by atoms with Crippen molar-refractivity contribution < 1.29 is 14.5 Å². The second kappa shape index (κ2) is 6.11. The average Bonchev–Trinajstić information content (AvgIpc) is 2.32. The van der Waals surface area contributed by atoms with Crippen LogP contribution in [0.5, 0.6) is 0 Å². The van der Waals surface area contributed by atoms with Gasteiger partial charge in [-0.25, -0.2) is 0 Å². The lowest BCUT2D eigenvalue weighted by Gasteiger charge is -2.12. The number of carbonyl (C=O) groups is 2. The van der Waals surface area contributed by atoms with Crippen molar-refractivity contribution in [2.45, 2.75) is 26.3 Å². The van der Waals surface area contributed by atoms with E-state index in [9.17, 15) is 19.7 Å². The molecule has 0 aliphatic carbocycles. The van der Waals surface area contributed by atoms with Crippen LogP contribution in [0.25, 0.3) is 0 Å². The predicted octanol–water partition coefficient (Wildman–Crippen LogP) is 0.353. The van der Waals surface area contributed by atoms with Crippen LogP contribution in [0.4, 0.5) is 11.4 Å². The second-order valence-corrected chi connectivity index (χ2v) is 4.48. The molecule has 1 aromatic carbocycles. The van der Waals surface area contributed by atoms with Crippen molar-refractivity contribution >= 4 is 23.2 Å². The van der Waals surface area contributed by atoms with Crippen molar-refractivity contribution in [3.63, 3.8) is 0 Å². The van der Waals surface area contributed by atoms with Gasteiger partial charge >= 0.3 is 0 Å². The number of aryl methyl sites for hydroxylation is 2. The van der Waals surface area contributed by atoms with Gasteiger partial charge in [0.15, 0.2) is 0 Å². The number of hydrogen-bond donors (Lipinski definition) is 3. The number of carbonyl (C=O) groups excluding carboxylic acids is 2. The molecule has 1 unspecified atom stereocenters. The maximum absolute atomic E-state index is 11.8. The van der Waals surface area contributed by atoms with Crippen LogP contribution in [-0.4, -0.2) is 22.8 Å². The summed E-state index contributed by atoms with van der Waals surface area (Å²) in [5.41, 5.74) is 11.8. The van der Waals surface area contributed by atoms with Crippen molar-refractivity contribution in [1.29, 1.82) is 0 Å². The molecule has 0 aliphatic heterocycles. The summed E-state index contributed by atoms with van der Waals surface area (Å²) in [5, 5.41) is 13.3. The Morgan fingerprint density at radius 1 is 1.35 bits per heavy atom. The minimum absolute atomic E-state index is 0.0445. The van der Waals surface area contributed by atoms with E-state index in [1.165, 1.54) is 12.1 Å². The number of nitro benzene ring substituents is 1. The minimum atomic E-state index is -1.14. The molecule has 1 atom stereocenters. The van der Waals surface area contributed by atoms with Gasteiger partial charge in [-0.3, -0.25) is 19.7 Å². The molecule has 0 saturated carbocycles. The summed E-state index contributed by atoms with van der Waals surface area (Å²) in [6.45, 7) is 3.49. The van der Waals surface area contributed by atoms with Crippen LogP contribution in [0.1, 0.15) is 17.5 Å². The SMILES string of the molecule is Cc1cc(NC(=O)C(N)CC(N)=O)c([N+](=O)[O-])cc1C. The van der Waals surface area contributed by atoms with Gasteiger partial charge in [-0.05, 0) is 31.0 Å². The summed E-state index contributed by atoms with van der Waals surface area (Å²) in [7, 11) is 0. The van der Waals surface area contributed by atoms with Gasteiger partial charge in [0.1, 0.15) is 5.69 Å². The van der Waals surface area contributed by atoms with Gasteiger partial charge in [0.25, 0.3) is 5.69 Å². The van der Waals surface area contributed by atoms with Gasteiger partial charge in [-0.2, -0.15) is 0 Å². The smallest absolute Gasteiger partial charge is 0.293 e. The van der Waals surface area contributed by atoms with Gasteiger partial charge in [0, 0.05) is 6.07 Å². The van der Waals surface area contributed by atoms with E-state index in [2.05, 4.69) is 5.32 Å². The monoisotopic (exact) mass is 280 g/mol. The van der Waals surface area contributed by atoms with Gasteiger partial charge in [0.2, 0.25) is 11.8 Å². The first kappa shape index (κ1) is 15.6. The molecule has 8 heteroatoms. The minimum Gasteiger partial charge on any atom is -0.370 e. The number of nitrogens with two attached hydrogens (primary N) is 2. The number of nitrogens with one attached hydrogen (secondary N) is 1. The molecule has 0 aliphatic rings. The van der Waals surface area contributed by atoms with E-state index in [0.29, 0.717) is 0 Å². The molecular formula is C12H16N4O4. The molecular weight excluding hydrogens is 264 g/mol. The Hall–Kier alpha value is -2.48. The van der Waals surface area contributed by atoms with Gasteiger partial charge in [0.05, 0.1) is 17.4 Å². The first-order chi connectivity index (χ1) is 9.22. The van der Waals surface area contributed by atoms with Crippen LogP contribution in [-0.2, 0) is 9.59 Å². The van der Waals surface area contributed by atoms with Crippen molar-refractivity contribution in [1.82, 2.24) is 0 Å². The lowest BCUT2D eigenvalue weighted by atomic mass is 10.1. The molecule has 1 rings (SSSR count). The van der Waals surface area contributed by atoms with Crippen LogP contribution in [0, 0.1) is 24.0 Å². The number of hydrogen-bond acceptors (Lipinski definition) is 5. The molecule has 5 N–H and O–H groups in total. The highest BCUT2D eigenvalue weighted by atomic mass is 16.6. The predicted molar refractivity (Wildman–Crippen MR) is 73.0 cm³/mol. The number of rotatable bonds is 5. The normalized spacial score (nSPS) is 11.8. The van der Waals surface area contributed by atoms with Crippen LogP contribution < -0.4 is 16.8 Å². The highest BCUT2D eigenvalue weighted by molar-refractivity contribution is 5.98. The number of amides is 2. The first-order valence-corrected chi connectivity index (χ1v) is 5.82. The molecule has 2 amide bonds. The highest BCUT2D eigenvalue weighted by Crippen LogP contribution is 2.28. The molecule has 0 saturated heterocycles. The van der Waals surface area contributed by atoms with Crippen molar-refractivity contribution in [2.75, 3.05) is 5.32 Å². The summed E-state index contributed by atoms with van der Waals surface area (Å²) < 4.78 is 0. The summed E-state index contributed by atoms with van der Waals surface area (Å²) in [6.07, 6.45) is -0.329. The van der Waals surface area contributed by atoms with Crippen molar-refractivity contribution in [2.24, 2.45) is 11.5 Å². The maximum atomic E-state index is 11.8. The molecule has 0 spiro atoms. The molecule has 0 aromatic heterocycles. The topological polar surface area (TPSA) is 141 Å². The zero-order chi connectivity index (χ0) is 15.4. The lowest BCUT2D eigenvalue weighted by molar-refractivity contribution is -0.384. The molecule has 1 aromatic rings. The van der Waals surface area contributed by atoms with Gasteiger partial charge in [-0.1, -0.05) is 0 Å². The summed E-state index contributed by atoms with van der Waals surface area (Å²) in [5.74, 6) is -1.42. The van der Waals surface area contributed by atoms with Gasteiger partial charge in [-0.15, -0.1) is 0 Å². The molecule has 20 heavy (non-hydrogen) atoms. The van der Waals surface area contributed by atoms with Crippen LogP contribution >= 0.6 is 0 Å². The van der Waals surface area contributed by atoms with E-state index >= 15 is 0 Å². The Morgan fingerprint density at radius 2 is 1.90 bits per heavy atom. The summed E-state index contributed by atoms with van der Waals surface area (Å²) in [6, 6.07) is 1.71. The number of anilines is 1. The zero-order valence-electron chi connectivity index (χ0n) is 11.2. The van der Waals surface area contributed by atoms with E-state index in [4.69, 9.17) is 11.5 Å². The maximum Gasteiger partial charge on any atom is 0.293 e. The Morgan fingerprint density at radius 3 is 2.40 bits per heavy atom. The molecule has 8 nitrogen and oxygen atoms in total. The third kappa shape index (κ3) is 3.75. The quantitative estimate of drug-likeness (QED) is 0.527. The number of nitrogens with zero attached hydrogens (tertiary/aromatic N) is 1. The van der Waals surface area contributed by atoms with Crippen molar-refractivity contribution in [3.05, 3.63) is 33.4 Å². The second-order valence-electron chi connectivity index (χ2n) is 4.48. The standard InChI is InChI=1S/C12H16N4O4/c1-6-3-9(10(16(19)20)4-7(6)2)15-12(18)8(13)5-11(14)17/h3-4,8H,5,13H2,1-2H3,(H2,14,17)(H,15,18). The summed E-state index contributed by atoms with van der Waals surface area (Å²) >= 11 is 0. The van der Waals surface area contributed by atoms with Crippen LogP contribution in [0.15, 0.2) is 12.1 Å². The Labute approximate surface area is 115 Å². The average molecular weight is 280 g/mol. The van der Waals surface area contributed by atoms with Crippen LogP contribution in [0.2, 0.25) is 0 Å². The highest BCUT2D eigenvalue weighted by Gasteiger charge is 2.21. The molecule has 0 bridgehead atoms. The Balaban J connectivity index is 3.02. The van der Waals surface area contributed by atoms with E-state index < -0.39 is 22.8 Å². The van der Waals surface area contributed by atoms with Crippen LogP contribution in [0.3, 0.4) is 0 Å². The van der Waals surface area contributed by atoms with E-state index in [1.807, 2.05) is 0 Å². The number of primary amides is 1. The number of nitro groups is 1. The third-order valence-electron chi connectivity index (χ3n) is 2.82. The fourth-order valence-corrected chi connectivity index (χ4v) is 1.59. The third-order valence-corrected chi connectivity index (χ3v) is 2.82. The largest absolute Gasteiger partial charge is 0.370 e. The fraction of sp³-hybridized carbons (Fsp3) is 0.333. The molecule has 0 heterocycles. The fourth-order valence-electron chi connectivity index (χ4n) is 1.59.